The Morgan fingerprint density at radius 1 is 0.826 bits per heavy atom. The molecule has 7 unspecified atom stereocenters. The highest BCUT2D eigenvalue weighted by Gasteiger charge is 2.65. The average molecular weight is 319 g/mol. The van der Waals surface area contributed by atoms with Gasteiger partial charge in [-0.3, -0.25) is 0 Å². The van der Waals surface area contributed by atoms with Gasteiger partial charge in [-0.05, 0) is 78.4 Å². The lowest BCUT2D eigenvalue weighted by molar-refractivity contribution is -0.196. The smallest absolute Gasteiger partial charge is 0.0184 e. The monoisotopic (exact) mass is 318 g/mol. The van der Waals surface area contributed by atoms with Gasteiger partial charge in [-0.25, -0.2) is 0 Å². The molecule has 0 heteroatoms. The third-order valence-electron chi connectivity index (χ3n) is 9.88. The largest absolute Gasteiger partial charge is 0.0654 e. The molecule has 0 aromatic carbocycles. The highest BCUT2D eigenvalue weighted by Crippen LogP contribution is 2.73. The lowest BCUT2D eigenvalue weighted by Gasteiger charge is -2.68. The van der Waals surface area contributed by atoms with Crippen LogP contribution >= 0.6 is 0 Å². The Kier molecular flexibility index (Phi) is 4.70. The summed E-state index contributed by atoms with van der Waals surface area (Å²) in [6, 6.07) is 0. The van der Waals surface area contributed by atoms with Gasteiger partial charge in [0.05, 0.1) is 0 Å². The molecule has 0 aromatic rings. The molecule has 3 fully saturated rings. The van der Waals surface area contributed by atoms with E-state index in [9.17, 15) is 0 Å². The predicted octanol–water partition coefficient (Wildman–Crippen LogP) is 7.47. The molecule has 0 radical (unpaired) electrons. The van der Waals surface area contributed by atoms with Gasteiger partial charge in [0.25, 0.3) is 0 Å². The molecular weight excluding hydrogens is 276 g/mol. The minimum Gasteiger partial charge on any atom is -0.0654 e. The van der Waals surface area contributed by atoms with E-state index in [0.717, 1.165) is 23.7 Å². The summed E-state index contributed by atoms with van der Waals surface area (Å²) in [5.74, 6) is 3.78. The van der Waals surface area contributed by atoms with Crippen molar-refractivity contribution in [3.63, 3.8) is 0 Å². The summed E-state index contributed by atoms with van der Waals surface area (Å²) in [6.45, 7) is 15.6. The van der Waals surface area contributed by atoms with Crippen LogP contribution in [0.5, 0.6) is 0 Å². The zero-order valence-electron chi connectivity index (χ0n) is 16.9. The first kappa shape index (κ1) is 17.8. The van der Waals surface area contributed by atoms with Crippen LogP contribution in [0.15, 0.2) is 0 Å². The van der Waals surface area contributed by atoms with E-state index in [1.807, 2.05) is 0 Å². The van der Waals surface area contributed by atoms with Gasteiger partial charge in [0.1, 0.15) is 0 Å². The second-order valence-electron chi connectivity index (χ2n) is 10.4. The van der Waals surface area contributed by atoms with E-state index < -0.39 is 0 Å². The van der Waals surface area contributed by atoms with Gasteiger partial charge >= 0.3 is 0 Å². The Bertz CT molecular complexity index is 426. The predicted molar refractivity (Wildman–Crippen MR) is 101 cm³/mol. The second-order valence-corrected chi connectivity index (χ2v) is 10.4. The molecule has 3 aliphatic rings. The summed E-state index contributed by atoms with van der Waals surface area (Å²) in [5.41, 5.74) is 1.82. The summed E-state index contributed by atoms with van der Waals surface area (Å²) < 4.78 is 0. The van der Waals surface area contributed by atoms with E-state index >= 15 is 0 Å². The molecule has 0 saturated heterocycles. The summed E-state index contributed by atoms with van der Waals surface area (Å²) in [4.78, 5) is 0. The maximum Gasteiger partial charge on any atom is -0.0184 e. The number of rotatable bonds is 2. The molecule has 1 spiro atoms. The Labute approximate surface area is 146 Å². The maximum absolute atomic E-state index is 2.74. The van der Waals surface area contributed by atoms with Crippen LogP contribution in [-0.4, -0.2) is 0 Å². The molecule has 134 valence electrons. The molecule has 0 nitrogen and oxygen atoms in total. The molecule has 0 aromatic heterocycles. The molecule has 0 N–H and O–H groups in total. The van der Waals surface area contributed by atoms with Gasteiger partial charge in [0.15, 0.2) is 0 Å². The molecular formula is C23H42. The minimum absolute atomic E-state index is 0.583. The van der Waals surface area contributed by atoms with E-state index in [2.05, 4.69) is 41.5 Å². The zero-order chi connectivity index (χ0) is 16.9. The quantitative estimate of drug-likeness (QED) is 0.495. The van der Waals surface area contributed by atoms with Crippen molar-refractivity contribution in [1.29, 1.82) is 0 Å². The average Bonchev–Trinajstić information content (AvgIpc) is 2.62. The van der Waals surface area contributed by atoms with Gasteiger partial charge in [-0.2, -0.15) is 0 Å². The Hall–Kier alpha value is 0. The number of hydrogen-bond donors (Lipinski definition) is 0. The van der Waals surface area contributed by atoms with Crippen LogP contribution < -0.4 is 0 Å². The van der Waals surface area contributed by atoms with E-state index in [0.29, 0.717) is 16.2 Å². The Morgan fingerprint density at radius 2 is 1.52 bits per heavy atom. The van der Waals surface area contributed by atoms with Crippen LogP contribution in [0.3, 0.4) is 0 Å². The van der Waals surface area contributed by atoms with Crippen LogP contribution in [0.2, 0.25) is 0 Å². The van der Waals surface area contributed by atoms with Crippen LogP contribution in [0, 0.1) is 39.9 Å². The van der Waals surface area contributed by atoms with E-state index in [1.54, 1.807) is 0 Å². The second kappa shape index (κ2) is 6.06. The summed E-state index contributed by atoms with van der Waals surface area (Å²) in [5, 5.41) is 0. The van der Waals surface area contributed by atoms with Gasteiger partial charge in [-0.1, -0.05) is 67.2 Å². The molecule has 3 rings (SSSR count). The van der Waals surface area contributed by atoms with Crippen LogP contribution in [-0.2, 0) is 0 Å². The molecule has 23 heavy (non-hydrogen) atoms. The summed E-state index contributed by atoms with van der Waals surface area (Å²) in [6.07, 6.45) is 14.9. The summed E-state index contributed by atoms with van der Waals surface area (Å²) in [7, 11) is 0. The third kappa shape index (κ3) is 2.36. The van der Waals surface area contributed by atoms with Crippen molar-refractivity contribution in [2.24, 2.45) is 39.9 Å². The fourth-order valence-electron chi connectivity index (χ4n) is 7.82. The summed E-state index contributed by atoms with van der Waals surface area (Å²) >= 11 is 0. The first-order valence-electron chi connectivity index (χ1n) is 10.8. The Morgan fingerprint density at radius 3 is 2.22 bits per heavy atom. The van der Waals surface area contributed by atoms with Crippen LogP contribution in [0.1, 0.15) is 106 Å². The van der Waals surface area contributed by atoms with E-state index in [-0.39, 0.29) is 0 Å². The van der Waals surface area contributed by atoms with Crippen molar-refractivity contribution >= 4 is 0 Å². The highest BCUT2D eigenvalue weighted by atomic mass is 14.7. The van der Waals surface area contributed by atoms with Gasteiger partial charge in [0, 0.05) is 0 Å². The topological polar surface area (TPSA) is 0 Å². The van der Waals surface area contributed by atoms with Gasteiger partial charge in [0.2, 0.25) is 0 Å². The third-order valence-corrected chi connectivity index (χ3v) is 9.88. The van der Waals surface area contributed by atoms with Crippen molar-refractivity contribution in [3.05, 3.63) is 0 Å². The van der Waals surface area contributed by atoms with E-state index in [4.69, 9.17) is 0 Å². The number of hydrogen-bond acceptors (Lipinski definition) is 0. The maximum atomic E-state index is 2.74. The SMILES string of the molecule is CCCC1CC2(C)C(C)CCC3(C)C(C)CCCC32CCC1C. The normalized spacial score (nSPS) is 54.0. The molecule has 3 aliphatic carbocycles. The molecule has 0 heterocycles. The first-order valence-corrected chi connectivity index (χ1v) is 10.8. The first-order chi connectivity index (χ1) is 10.8. The molecule has 0 amide bonds. The molecule has 0 bridgehead atoms. The van der Waals surface area contributed by atoms with Gasteiger partial charge in [-0.15, -0.1) is 0 Å². The lowest BCUT2D eigenvalue weighted by Crippen LogP contribution is -2.61. The van der Waals surface area contributed by atoms with Crippen LogP contribution in [0.4, 0.5) is 0 Å². The lowest BCUT2D eigenvalue weighted by atomic mass is 9.36. The standard InChI is InChI=1S/C23H42/c1-7-9-20-16-22(6)19(4)12-14-21(5)18(3)10-8-13-23(21,22)15-11-17(20)2/h17-20H,7-16H2,1-6H3. The molecule has 3 saturated carbocycles. The van der Waals surface area contributed by atoms with Crippen molar-refractivity contribution in [3.8, 4) is 0 Å². The zero-order valence-corrected chi connectivity index (χ0v) is 16.9. The van der Waals surface area contributed by atoms with E-state index in [1.165, 1.54) is 64.2 Å². The van der Waals surface area contributed by atoms with Crippen LogP contribution in [0.25, 0.3) is 0 Å². The fourth-order valence-corrected chi connectivity index (χ4v) is 7.82. The van der Waals surface area contributed by atoms with Crippen molar-refractivity contribution in [2.75, 3.05) is 0 Å². The van der Waals surface area contributed by atoms with Crippen molar-refractivity contribution < 1.29 is 0 Å². The van der Waals surface area contributed by atoms with Crippen molar-refractivity contribution in [1.82, 2.24) is 0 Å². The van der Waals surface area contributed by atoms with Gasteiger partial charge < -0.3 is 0 Å². The highest BCUT2D eigenvalue weighted by molar-refractivity contribution is 5.14. The molecule has 7 atom stereocenters. The molecule has 0 aliphatic heterocycles. The Balaban J connectivity index is 2.06. The minimum atomic E-state index is 0.583. The van der Waals surface area contributed by atoms with Crippen molar-refractivity contribution in [2.45, 2.75) is 106 Å². The fraction of sp³-hybridized carbons (Fsp3) is 1.00.